The van der Waals surface area contributed by atoms with E-state index in [0.29, 0.717) is 49.3 Å². The van der Waals surface area contributed by atoms with Crippen molar-refractivity contribution in [1.29, 1.82) is 0 Å². The van der Waals surface area contributed by atoms with Crippen LogP contribution in [0.3, 0.4) is 0 Å². The molecule has 1 aromatic carbocycles. The molecule has 10 nitrogen and oxygen atoms in total. The molecule has 1 fully saturated rings. The van der Waals surface area contributed by atoms with Crippen molar-refractivity contribution in [2.75, 3.05) is 44.4 Å². The summed E-state index contributed by atoms with van der Waals surface area (Å²) in [5.41, 5.74) is 2.23. The third kappa shape index (κ3) is 3.77. The minimum atomic E-state index is -0.196. The number of nitrogens with zero attached hydrogens (tertiary/aromatic N) is 6. The van der Waals surface area contributed by atoms with E-state index in [4.69, 9.17) is 14.2 Å². The number of anilines is 1. The fraction of sp³-hybridized carbons (Fsp3) is 0.250. The Hall–Kier alpha value is -4.18. The Morgan fingerprint density at radius 2 is 1.68 bits per heavy atom. The molecule has 3 aromatic heterocycles. The van der Waals surface area contributed by atoms with Crippen LogP contribution in [-0.4, -0.2) is 64.1 Å². The maximum Gasteiger partial charge on any atom is 0.209 e. The van der Waals surface area contributed by atoms with Crippen LogP contribution >= 0.6 is 0 Å². The van der Waals surface area contributed by atoms with Crippen LogP contribution < -0.4 is 19.8 Å². The Kier molecular flexibility index (Phi) is 5.19. The molecule has 0 spiro atoms. The molecule has 1 saturated heterocycles. The first-order valence-corrected chi connectivity index (χ1v) is 11.1. The molecule has 0 aliphatic carbocycles. The highest BCUT2D eigenvalue weighted by molar-refractivity contribution is 5.59. The second-order valence-corrected chi connectivity index (χ2v) is 7.90. The standard InChI is InChI=1S/C24H22N6O4/c31-20-5-8-29(17-3-6-25-23(16-17)28-9-11-32-12-10-28)27-24(20)19-4-7-26-30(19)18-1-2-21-22(15-18)34-14-13-33-21/h1-8,15-16H,9-14H2. The fourth-order valence-electron chi connectivity index (χ4n) is 4.10. The number of ether oxygens (including phenoxy) is 3. The summed E-state index contributed by atoms with van der Waals surface area (Å²) in [5.74, 6) is 2.19. The van der Waals surface area contributed by atoms with Crippen LogP contribution in [0.25, 0.3) is 22.8 Å². The third-order valence-corrected chi connectivity index (χ3v) is 5.79. The zero-order chi connectivity index (χ0) is 22.9. The maximum atomic E-state index is 12.8. The molecule has 5 heterocycles. The molecule has 34 heavy (non-hydrogen) atoms. The second-order valence-electron chi connectivity index (χ2n) is 7.90. The largest absolute Gasteiger partial charge is 0.486 e. The molecule has 0 N–H and O–H groups in total. The summed E-state index contributed by atoms with van der Waals surface area (Å²) in [7, 11) is 0. The van der Waals surface area contributed by atoms with Crippen molar-refractivity contribution in [1.82, 2.24) is 24.5 Å². The molecular formula is C24H22N6O4. The van der Waals surface area contributed by atoms with Crippen molar-refractivity contribution >= 4 is 5.82 Å². The van der Waals surface area contributed by atoms with Crippen molar-refractivity contribution < 1.29 is 14.2 Å². The van der Waals surface area contributed by atoms with E-state index in [2.05, 4.69) is 20.1 Å². The Labute approximate surface area is 194 Å². The topological polar surface area (TPSA) is 96.5 Å². The Balaban J connectivity index is 1.37. The first-order valence-electron chi connectivity index (χ1n) is 11.1. The minimum absolute atomic E-state index is 0.196. The van der Waals surface area contributed by atoms with Crippen LogP contribution in [0.1, 0.15) is 0 Å². The van der Waals surface area contributed by atoms with Gasteiger partial charge in [0, 0.05) is 43.7 Å². The first kappa shape index (κ1) is 20.4. The van der Waals surface area contributed by atoms with Crippen LogP contribution in [-0.2, 0) is 4.74 Å². The van der Waals surface area contributed by atoms with Gasteiger partial charge in [-0.1, -0.05) is 0 Å². The normalized spacial score (nSPS) is 15.4. The number of fused-ring (bicyclic) bond motifs is 1. The Morgan fingerprint density at radius 1 is 0.824 bits per heavy atom. The minimum Gasteiger partial charge on any atom is -0.486 e. The lowest BCUT2D eigenvalue weighted by Crippen LogP contribution is -2.36. The van der Waals surface area contributed by atoms with Gasteiger partial charge in [0.05, 0.1) is 36.5 Å². The lowest BCUT2D eigenvalue weighted by atomic mass is 10.2. The highest BCUT2D eigenvalue weighted by Gasteiger charge is 2.18. The van der Waals surface area contributed by atoms with E-state index in [-0.39, 0.29) is 5.43 Å². The SMILES string of the molecule is O=c1ccn(-c2ccnc(N3CCOCC3)c2)nc1-c1ccnn1-c1ccc2c(c1)OCCO2. The van der Waals surface area contributed by atoms with Crippen molar-refractivity contribution in [3.8, 4) is 34.3 Å². The van der Waals surface area contributed by atoms with Crippen LogP contribution in [0.15, 0.2) is 65.8 Å². The van der Waals surface area contributed by atoms with Crippen molar-refractivity contribution in [3.63, 3.8) is 0 Å². The molecule has 6 rings (SSSR count). The van der Waals surface area contributed by atoms with E-state index in [1.807, 2.05) is 30.3 Å². The Morgan fingerprint density at radius 3 is 2.56 bits per heavy atom. The predicted octanol–water partition coefficient (Wildman–Crippen LogP) is 2.09. The summed E-state index contributed by atoms with van der Waals surface area (Å²) in [5, 5.41) is 9.10. The number of aromatic nitrogens is 5. The van der Waals surface area contributed by atoms with Gasteiger partial charge in [-0.25, -0.2) is 14.3 Å². The van der Waals surface area contributed by atoms with E-state index in [9.17, 15) is 4.79 Å². The summed E-state index contributed by atoms with van der Waals surface area (Å²) >= 11 is 0. The number of rotatable bonds is 4. The molecule has 0 bridgehead atoms. The maximum absolute atomic E-state index is 12.8. The predicted molar refractivity (Wildman–Crippen MR) is 124 cm³/mol. The van der Waals surface area contributed by atoms with Crippen LogP contribution in [0.5, 0.6) is 11.5 Å². The highest BCUT2D eigenvalue weighted by Crippen LogP contribution is 2.32. The summed E-state index contributed by atoms with van der Waals surface area (Å²) < 4.78 is 20.1. The lowest BCUT2D eigenvalue weighted by Gasteiger charge is -2.28. The molecule has 0 unspecified atom stereocenters. The van der Waals surface area contributed by atoms with Crippen LogP contribution in [0.4, 0.5) is 5.82 Å². The third-order valence-electron chi connectivity index (χ3n) is 5.79. The molecule has 0 amide bonds. The zero-order valence-corrected chi connectivity index (χ0v) is 18.3. The quantitative estimate of drug-likeness (QED) is 0.459. The molecule has 10 heteroatoms. The van der Waals surface area contributed by atoms with E-state index in [0.717, 1.165) is 30.3 Å². The molecule has 2 aliphatic heterocycles. The molecule has 0 radical (unpaired) electrons. The van der Waals surface area contributed by atoms with Crippen molar-refractivity contribution in [2.45, 2.75) is 0 Å². The highest BCUT2D eigenvalue weighted by atomic mass is 16.6. The van der Waals surface area contributed by atoms with Gasteiger partial charge in [0.1, 0.15) is 19.0 Å². The Bertz CT molecular complexity index is 1390. The van der Waals surface area contributed by atoms with E-state index in [1.54, 1.807) is 34.0 Å². The van der Waals surface area contributed by atoms with Gasteiger partial charge in [0.25, 0.3) is 0 Å². The number of benzene rings is 1. The molecule has 0 atom stereocenters. The van der Waals surface area contributed by atoms with Gasteiger partial charge in [-0.3, -0.25) is 4.79 Å². The summed E-state index contributed by atoms with van der Waals surface area (Å²) in [6.45, 7) is 3.94. The molecular weight excluding hydrogens is 436 g/mol. The van der Waals surface area contributed by atoms with E-state index >= 15 is 0 Å². The first-order chi connectivity index (χ1) is 16.8. The van der Waals surface area contributed by atoms with Crippen molar-refractivity contribution in [3.05, 3.63) is 71.3 Å². The molecule has 4 aromatic rings. The molecule has 0 saturated carbocycles. The lowest BCUT2D eigenvalue weighted by molar-refractivity contribution is 0.122. The van der Waals surface area contributed by atoms with Gasteiger partial charge in [0.2, 0.25) is 5.43 Å². The molecule has 2 aliphatic rings. The van der Waals surface area contributed by atoms with Crippen molar-refractivity contribution in [2.24, 2.45) is 0 Å². The van der Waals surface area contributed by atoms with Gasteiger partial charge in [-0.05, 0) is 24.3 Å². The number of hydrogen-bond acceptors (Lipinski definition) is 8. The number of morpholine rings is 1. The van der Waals surface area contributed by atoms with Crippen LogP contribution in [0.2, 0.25) is 0 Å². The molecule has 172 valence electrons. The average Bonchev–Trinajstić information content (AvgIpc) is 3.39. The van der Waals surface area contributed by atoms with Gasteiger partial charge in [0.15, 0.2) is 17.2 Å². The summed E-state index contributed by atoms with van der Waals surface area (Å²) in [6, 6.07) is 12.7. The second kappa shape index (κ2) is 8.64. The summed E-state index contributed by atoms with van der Waals surface area (Å²) in [6.07, 6.45) is 5.06. The van der Waals surface area contributed by atoms with Gasteiger partial charge < -0.3 is 19.1 Å². The fourth-order valence-corrected chi connectivity index (χ4v) is 4.10. The van der Waals surface area contributed by atoms with Gasteiger partial charge >= 0.3 is 0 Å². The smallest absolute Gasteiger partial charge is 0.209 e. The van der Waals surface area contributed by atoms with Gasteiger partial charge in [-0.2, -0.15) is 10.2 Å². The van der Waals surface area contributed by atoms with E-state index < -0.39 is 0 Å². The monoisotopic (exact) mass is 458 g/mol. The number of pyridine rings is 1. The summed E-state index contributed by atoms with van der Waals surface area (Å²) in [4.78, 5) is 19.5. The van der Waals surface area contributed by atoms with Gasteiger partial charge in [-0.15, -0.1) is 0 Å². The van der Waals surface area contributed by atoms with E-state index in [1.165, 1.54) is 6.07 Å². The zero-order valence-electron chi connectivity index (χ0n) is 18.3. The average molecular weight is 458 g/mol. The number of hydrogen-bond donors (Lipinski definition) is 0. The van der Waals surface area contributed by atoms with Crippen LogP contribution in [0, 0.1) is 0 Å².